The number of aliphatic hydroxyl groups excluding tert-OH is 1. The lowest BCUT2D eigenvalue weighted by Gasteiger charge is -2.17. The van der Waals surface area contributed by atoms with E-state index in [2.05, 4.69) is 0 Å². The van der Waals surface area contributed by atoms with Gasteiger partial charge in [0.15, 0.2) is 11.5 Å². The van der Waals surface area contributed by atoms with E-state index in [1.54, 1.807) is 21.3 Å². The normalized spacial score (nSPS) is 16.2. The molecule has 100 valence electrons. The number of rotatable bonds is 6. The molecule has 2 rings (SSSR count). The van der Waals surface area contributed by atoms with Crippen LogP contribution in [0.25, 0.3) is 0 Å². The van der Waals surface area contributed by atoms with Crippen LogP contribution in [0.2, 0.25) is 0 Å². The Hall–Kier alpha value is -1.42. The van der Waals surface area contributed by atoms with Gasteiger partial charge >= 0.3 is 0 Å². The average Bonchev–Trinajstić information content (AvgIpc) is 3.18. The maximum absolute atomic E-state index is 9.41. The number of methoxy groups -OCH3 is 3. The first-order valence-corrected chi connectivity index (χ1v) is 6.08. The third-order valence-electron chi connectivity index (χ3n) is 3.64. The van der Waals surface area contributed by atoms with Crippen LogP contribution in [0.5, 0.6) is 17.2 Å². The molecule has 0 amide bonds. The topological polar surface area (TPSA) is 47.9 Å². The van der Waals surface area contributed by atoms with Gasteiger partial charge in [0, 0.05) is 12.7 Å². The molecule has 1 saturated carbocycles. The molecule has 0 saturated heterocycles. The van der Waals surface area contributed by atoms with Crippen LogP contribution in [0.15, 0.2) is 12.1 Å². The van der Waals surface area contributed by atoms with Crippen LogP contribution in [0.4, 0.5) is 0 Å². The zero-order valence-electron chi connectivity index (χ0n) is 11.2. The lowest BCUT2D eigenvalue weighted by Crippen LogP contribution is -2.11. The minimum Gasteiger partial charge on any atom is -0.496 e. The summed E-state index contributed by atoms with van der Waals surface area (Å²) in [6, 6.07) is 3.77. The molecule has 4 heteroatoms. The SMILES string of the molecule is COc1cc(OC)c(OC)cc1CC1(CO)CC1. The molecule has 18 heavy (non-hydrogen) atoms. The van der Waals surface area contributed by atoms with Crippen LogP contribution in [0.1, 0.15) is 18.4 Å². The third kappa shape index (κ3) is 2.38. The summed E-state index contributed by atoms with van der Waals surface area (Å²) < 4.78 is 15.9. The lowest BCUT2D eigenvalue weighted by molar-refractivity contribution is 0.210. The highest BCUT2D eigenvalue weighted by molar-refractivity contribution is 5.51. The van der Waals surface area contributed by atoms with E-state index in [0.717, 1.165) is 30.6 Å². The molecule has 0 aliphatic heterocycles. The van der Waals surface area contributed by atoms with E-state index in [1.807, 2.05) is 12.1 Å². The molecule has 1 aliphatic carbocycles. The summed E-state index contributed by atoms with van der Waals surface area (Å²) in [7, 11) is 4.86. The monoisotopic (exact) mass is 252 g/mol. The van der Waals surface area contributed by atoms with Crippen molar-refractivity contribution >= 4 is 0 Å². The zero-order valence-corrected chi connectivity index (χ0v) is 11.2. The van der Waals surface area contributed by atoms with Gasteiger partial charge in [0.25, 0.3) is 0 Å². The molecule has 0 unspecified atom stereocenters. The van der Waals surface area contributed by atoms with Crippen LogP contribution in [0, 0.1) is 5.41 Å². The van der Waals surface area contributed by atoms with E-state index in [4.69, 9.17) is 14.2 Å². The summed E-state index contributed by atoms with van der Waals surface area (Å²) in [4.78, 5) is 0. The molecule has 1 N–H and O–H groups in total. The van der Waals surface area contributed by atoms with E-state index in [9.17, 15) is 5.11 Å². The maximum Gasteiger partial charge on any atom is 0.164 e. The molecular weight excluding hydrogens is 232 g/mol. The van der Waals surface area contributed by atoms with Crippen molar-refractivity contribution in [2.45, 2.75) is 19.3 Å². The maximum atomic E-state index is 9.41. The fourth-order valence-corrected chi connectivity index (χ4v) is 2.20. The highest BCUT2D eigenvalue weighted by atomic mass is 16.5. The summed E-state index contributed by atoms with van der Waals surface area (Å²) in [5.41, 5.74) is 1.11. The average molecular weight is 252 g/mol. The minimum absolute atomic E-state index is 0.0485. The Morgan fingerprint density at radius 1 is 1.00 bits per heavy atom. The van der Waals surface area contributed by atoms with Crippen LogP contribution in [-0.2, 0) is 6.42 Å². The minimum atomic E-state index is 0.0485. The van der Waals surface area contributed by atoms with Gasteiger partial charge in [0.1, 0.15) is 5.75 Å². The van der Waals surface area contributed by atoms with Gasteiger partial charge < -0.3 is 19.3 Å². The Balaban J connectivity index is 2.33. The van der Waals surface area contributed by atoms with Crippen molar-refractivity contribution in [3.05, 3.63) is 17.7 Å². The van der Waals surface area contributed by atoms with Crippen molar-refractivity contribution in [2.75, 3.05) is 27.9 Å². The van der Waals surface area contributed by atoms with Gasteiger partial charge in [-0.2, -0.15) is 0 Å². The number of hydrogen-bond acceptors (Lipinski definition) is 4. The van der Waals surface area contributed by atoms with Crippen LogP contribution in [0.3, 0.4) is 0 Å². The summed E-state index contributed by atoms with van der Waals surface area (Å²) in [5.74, 6) is 2.14. The fourth-order valence-electron chi connectivity index (χ4n) is 2.20. The molecule has 0 spiro atoms. The van der Waals surface area contributed by atoms with Crippen molar-refractivity contribution in [3.63, 3.8) is 0 Å². The molecule has 0 bridgehead atoms. The zero-order chi connectivity index (χ0) is 13.2. The lowest BCUT2D eigenvalue weighted by atomic mass is 9.96. The summed E-state index contributed by atoms with van der Waals surface area (Å²) in [6.45, 7) is 0.227. The standard InChI is InChI=1S/C14H20O4/c1-16-11-7-13(18-3)12(17-2)6-10(11)8-14(9-15)4-5-14/h6-7,15H,4-5,8-9H2,1-3H3. The van der Waals surface area contributed by atoms with Gasteiger partial charge in [-0.1, -0.05) is 0 Å². The van der Waals surface area contributed by atoms with Crippen molar-refractivity contribution in [2.24, 2.45) is 5.41 Å². The quantitative estimate of drug-likeness (QED) is 0.841. The predicted molar refractivity (Wildman–Crippen MR) is 68.6 cm³/mol. The molecule has 1 aromatic rings. The molecule has 0 atom stereocenters. The van der Waals surface area contributed by atoms with Gasteiger partial charge in [0.05, 0.1) is 21.3 Å². The van der Waals surface area contributed by atoms with Gasteiger partial charge in [-0.3, -0.25) is 0 Å². The van der Waals surface area contributed by atoms with Gasteiger partial charge in [-0.15, -0.1) is 0 Å². The largest absolute Gasteiger partial charge is 0.496 e. The molecule has 0 radical (unpaired) electrons. The van der Waals surface area contributed by atoms with Crippen LogP contribution in [-0.4, -0.2) is 33.0 Å². The van der Waals surface area contributed by atoms with E-state index < -0.39 is 0 Å². The molecule has 1 fully saturated rings. The summed E-state index contributed by atoms with van der Waals surface area (Å²) in [5, 5.41) is 9.41. The Bertz CT molecular complexity index is 424. The van der Waals surface area contributed by atoms with Crippen molar-refractivity contribution in [3.8, 4) is 17.2 Å². The fraction of sp³-hybridized carbons (Fsp3) is 0.571. The number of hydrogen-bond donors (Lipinski definition) is 1. The molecule has 1 aromatic carbocycles. The van der Waals surface area contributed by atoms with Gasteiger partial charge in [-0.25, -0.2) is 0 Å². The van der Waals surface area contributed by atoms with E-state index in [1.165, 1.54) is 0 Å². The Morgan fingerprint density at radius 3 is 2.00 bits per heavy atom. The Morgan fingerprint density at radius 2 is 1.56 bits per heavy atom. The number of ether oxygens (including phenoxy) is 3. The van der Waals surface area contributed by atoms with Crippen LogP contribution < -0.4 is 14.2 Å². The first kappa shape index (κ1) is 13.0. The van der Waals surface area contributed by atoms with Crippen molar-refractivity contribution in [1.82, 2.24) is 0 Å². The number of benzene rings is 1. The highest BCUT2D eigenvalue weighted by Gasteiger charge is 2.42. The van der Waals surface area contributed by atoms with Crippen molar-refractivity contribution in [1.29, 1.82) is 0 Å². The van der Waals surface area contributed by atoms with Crippen LogP contribution >= 0.6 is 0 Å². The molecule has 4 nitrogen and oxygen atoms in total. The smallest absolute Gasteiger partial charge is 0.164 e. The molecule has 1 aliphatic rings. The highest BCUT2D eigenvalue weighted by Crippen LogP contribution is 2.50. The van der Waals surface area contributed by atoms with E-state index in [0.29, 0.717) is 11.5 Å². The van der Waals surface area contributed by atoms with Gasteiger partial charge in [-0.05, 0) is 36.3 Å². The molecular formula is C14H20O4. The first-order valence-electron chi connectivity index (χ1n) is 6.08. The second-order valence-corrected chi connectivity index (χ2v) is 4.85. The van der Waals surface area contributed by atoms with Gasteiger partial charge in [0.2, 0.25) is 0 Å². The third-order valence-corrected chi connectivity index (χ3v) is 3.64. The summed E-state index contributed by atoms with van der Waals surface area (Å²) in [6.07, 6.45) is 2.95. The second kappa shape index (κ2) is 5.06. The first-order chi connectivity index (χ1) is 8.68. The molecule has 0 heterocycles. The Kier molecular flexibility index (Phi) is 3.66. The summed E-state index contributed by atoms with van der Waals surface area (Å²) >= 11 is 0. The molecule has 0 aromatic heterocycles. The van der Waals surface area contributed by atoms with Crippen molar-refractivity contribution < 1.29 is 19.3 Å². The number of aliphatic hydroxyl groups is 1. The second-order valence-electron chi connectivity index (χ2n) is 4.85. The predicted octanol–water partition coefficient (Wildman–Crippen LogP) is 2.03. The Labute approximate surface area is 107 Å². The van der Waals surface area contributed by atoms with E-state index in [-0.39, 0.29) is 12.0 Å². The van der Waals surface area contributed by atoms with E-state index >= 15 is 0 Å².